The number of halogens is 2. The molecule has 8 heteroatoms. The lowest BCUT2D eigenvalue weighted by Gasteiger charge is -2.02. The van der Waals surface area contributed by atoms with Crippen molar-refractivity contribution in [3.63, 3.8) is 0 Å². The van der Waals surface area contributed by atoms with E-state index < -0.39 is 0 Å². The van der Waals surface area contributed by atoms with Crippen LogP contribution < -0.4 is 10.2 Å². The van der Waals surface area contributed by atoms with Crippen molar-refractivity contribution < 1.29 is 9.53 Å². The van der Waals surface area contributed by atoms with Crippen molar-refractivity contribution >= 4 is 46.4 Å². The van der Waals surface area contributed by atoms with Crippen LogP contribution in [0.5, 0.6) is 5.75 Å². The number of amides is 1. The normalized spacial score (nSPS) is 11.2. The molecule has 0 radical (unpaired) electrons. The van der Waals surface area contributed by atoms with E-state index in [0.29, 0.717) is 27.6 Å². The van der Waals surface area contributed by atoms with Crippen molar-refractivity contribution in [2.75, 3.05) is 7.11 Å². The van der Waals surface area contributed by atoms with E-state index >= 15 is 0 Å². The maximum Gasteiger partial charge on any atom is 0.271 e. The van der Waals surface area contributed by atoms with Crippen LogP contribution in [-0.4, -0.2) is 29.2 Å². The van der Waals surface area contributed by atoms with Gasteiger partial charge >= 0.3 is 0 Å². The van der Waals surface area contributed by atoms with Crippen LogP contribution in [0.1, 0.15) is 27.3 Å². The van der Waals surface area contributed by atoms with E-state index in [1.54, 1.807) is 43.5 Å². The molecule has 1 aromatic heterocycles. The summed E-state index contributed by atoms with van der Waals surface area (Å²) < 4.78 is 5.18. The predicted molar refractivity (Wildman–Crippen MR) is 123 cm³/mol. The Morgan fingerprint density at radius 1 is 1.13 bits per heavy atom. The lowest BCUT2D eigenvalue weighted by molar-refractivity contribution is 0.0955. The minimum absolute atomic E-state index is 0.354. The number of imidazole rings is 1. The van der Waals surface area contributed by atoms with Gasteiger partial charge < -0.3 is 9.72 Å². The monoisotopic (exact) mass is 452 g/mol. The first-order valence-electron chi connectivity index (χ1n) is 9.42. The molecule has 4 rings (SSSR count). The summed E-state index contributed by atoms with van der Waals surface area (Å²) >= 11 is 12.2. The van der Waals surface area contributed by atoms with Crippen LogP contribution in [0.15, 0.2) is 65.8 Å². The Morgan fingerprint density at radius 2 is 1.87 bits per heavy atom. The number of aromatic amines is 1. The Hall–Kier alpha value is -3.35. The summed E-state index contributed by atoms with van der Waals surface area (Å²) in [5, 5.41) is 4.87. The zero-order valence-corrected chi connectivity index (χ0v) is 18.0. The van der Waals surface area contributed by atoms with Gasteiger partial charge in [0.1, 0.15) is 11.6 Å². The quantitative estimate of drug-likeness (QED) is 0.310. The average molecular weight is 453 g/mol. The van der Waals surface area contributed by atoms with Crippen LogP contribution >= 0.6 is 23.2 Å². The van der Waals surface area contributed by atoms with Gasteiger partial charge in [-0.2, -0.15) is 5.10 Å². The van der Waals surface area contributed by atoms with Crippen LogP contribution in [0.2, 0.25) is 10.0 Å². The molecule has 0 aliphatic rings. The predicted octanol–water partition coefficient (Wildman–Crippen LogP) is 5.23. The molecule has 0 spiro atoms. The maximum atomic E-state index is 12.5. The molecule has 31 heavy (non-hydrogen) atoms. The van der Waals surface area contributed by atoms with Gasteiger partial charge in [-0.05, 0) is 48.0 Å². The molecule has 156 valence electrons. The van der Waals surface area contributed by atoms with E-state index in [1.807, 2.05) is 24.3 Å². The number of hydrogen-bond donors (Lipinski definition) is 2. The summed E-state index contributed by atoms with van der Waals surface area (Å²) in [7, 11) is 1.64. The first-order valence-corrected chi connectivity index (χ1v) is 10.2. The Balaban J connectivity index is 1.47. The molecule has 4 aromatic rings. The number of rotatable bonds is 6. The number of nitrogens with zero attached hydrogens (tertiary/aromatic N) is 2. The zero-order valence-electron chi connectivity index (χ0n) is 16.5. The number of H-pyrrole nitrogens is 1. The Kier molecular flexibility index (Phi) is 6.21. The maximum absolute atomic E-state index is 12.5. The number of hydrazone groups is 1. The molecular formula is C23H18Cl2N4O2. The first kappa shape index (κ1) is 20.9. The second kappa shape index (κ2) is 9.20. The van der Waals surface area contributed by atoms with Crippen LogP contribution in [0.4, 0.5) is 0 Å². The molecule has 1 heterocycles. The summed E-state index contributed by atoms with van der Waals surface area (Å²) in [6.45, 7) is 0. The van der Waals surface area contributed by atoms with E-state index in [-0.39, 0.29) is 5.91 Å². The van der Waals surface area contributed by atoms with Crippen molar-refractivity contribution in [3.8, 4) is 5.75 Å². The number of aromatic nitrogens is 2. The second-order valence-electron chi connectivity index (χ2n) is 6.77. The van der Waals surface area contributed by atoms with Gasteiger partial charge in [0, 0.05) is 17.5 Å². The third-order valence-electron chi connectivity index (χ3n) is 4.68. The highest BCUT2D eigenvalue weighted by atomic mass is 35.5. The molecule has 6 nitrogen and oxygen atoms in total. The highest BCUT2D eigenvalue weighted by Gasteiger charge is 2.10. The summed E-state index contributed by atoms with van der Waals surface area (Å²) in [5.74, 6) is 1.26. The van der Waals surface area contributed by atoms with Gasteiger partial charge in [0.25, 0.3) is 5.91 Å². The number of hydrogen-bond acceptors (Lipinski definition) is 4. The minimum Gasteiger partial charge on any atom is -0.497 e. The largest absolute Gasteiger partial charge is 0.497 e. The fraction of sp³-hybridized carbons (Fsp3) is 0.0870. The number of carbonyl (C=O) groups is 1. The number of carbonyl (C=O) groups excluding carboxylic acids is 1. The molecule has 0 unspecified atom stereocenters. The zero-order chi connectivity index (χ0) is 21.8. The van der Waals surface area contributed by atoms with Crippen molar-refractivity contribution in [1.82, 2.24) is 15.4 Å². The number of benzene rings is 3. The summed E-state index contributed by atoms with van der Waals surface area (Å²) in [4.78, 5) is 20.3. The van der Waals surface area contributed by atoms with Gasteiger partial charge in [-0.25, -0.2) is 10.4 Å². The number of nitrogens with one attached hydrogen (secondary N) is 2. The van der Waals surface area contributed by atoms with Crippen molar-refractivity contribution in [2.45, 2.75) is 6.42 Å². The van der Waals surface area contributed by atoms with E-state index in [9.17, 15) is 4.79 Å². The molecule has 0 aliphatic heterocycles. The SMILES string of the molecule is COc1ccc(Cc2nc3ccc(C(=O)N/N=C\c4c(Cl)cccc4Cl)cc3[nH]2)cc1. The van der Waals surface area contributed by atoms with Gasteiger partial charge in [0.2, 0.25) is 0 Å². The molecule has 1 amide bonds. The standard InChI is InChI=1S/C23H18Cl2N4O2/c1-31-16-8-5-14(6-9-16)11-22-27-20-10-7-15(12-21(20)28-22)23(30)29-26-13-17-18(24)3-2-4-19(17)25/h2-10,12-13H,11H2,1H3,(H,27,28)(H,29,30)/b26-13-. The summed E-state index contributed by atoms with van der Waals surface area (Å²) in [5.41, 5.74) is 6.14. The van der Waals surface area contributed by atoms with Gasteiger partial charge in [-0.1, -0.05) is 41.4 Å². The molecule has 0 bridgehead atoms. The van der Waals surface area contributed by atoms with Gasteiger partial charge in [0.15, 0.2) is 0 Å². The Morgan fingerprint density at radius 3 is 2.58 bits per heavy atom. The van der Waals surface area contributed by atoms with E-state index in [4.69, 9.17) is 27.9 Å². The van der Waals surface area contributed by atoms with Crippen LogP contribution in [0.3, 0.4) is 0 Å². The summed E-state index contributed by atoms with van der Waals surface area (Å²) in [6, 6.07) is 18.2. The molecule has 0 saturated heterocycles. The number of ether oxygens (including phenoxy) is 1. The first-order chi connectivity index (χ1) is 15.0. The number of methoxy groups -OCH3 is 1. The highest BCUT2D eigenvalue weighted by Crippen LogP contribution is 2.22. The van der Waals surface area contributed by atoms with Crippen molar-refractivity contribution in [2.24, 2.45) is 5.10 Å². The Labute approximate surface area is 188 Å². The third kappa shape index (κ3) is 4.87. The molecule has 0 fully saturated rings. The van der Waals surface area contributed by atoms with E-state index in [2.05, 4.69) is 20.5 Å². The van der Waals surface area contributed by atoms with Gasteiger partial charge in [0.05, 0.1) is 34.4 Å². The van der Waals surface area contributed by atoms with E-state index in [0.717, 1.165) is 28.2 Å². The van der Waals surface area contributed by atoms with Crippen LogP contribution in [-0.2, 0) is 6.42 Å². The smallest absolute Gasteiger partial charge is 0.271 e. The molecule has 0 atom stereocenters. The third-order valence-corrected chi connectivity index (χ3v) is 5.34. The fourth-order valence-electron chi connectivity index (χ4n) is 3.08. The molecule has 3 aromatic carbocycles. The van der Waals surface area contributed by atoms with Crippen LogP contribution in [0.25, 0.3) is 11.0 Å². The molecule has 0 aliphatic carbocycles. The van der Waals surface area contributed by atoms with Gasteiger partial charge in [-0.15, -0.1) is 0 Å². The lowest BCUT2D eigenvalue weighted by Crippen LogP contribution is -2.17. The number of fused-ring (bicyclic) bond motifs is 1. The topological polar surface area (TPSA) is 79.4 Å². The van der Waals surface area contributed by atoms with Crippen molar-refractivity contribution in [3.05, 3.63) is 93.2 Å². The molecule has 0 saturated carbocycles. The lowest BCUT2D eigenvalue weighted by atomic mass is 10.1. The molecular weight excluding hydrogens is 435 g/mol. The fourth-order valence-corrected chi connectivity index (χ4v) is 3.57. The van der Waals surface area contributed by atoms with Crippen LogP contribution in [0, 0.1) is 0 Å². The van der Waals surface area contributed by atoms with Crippen molar-refractivity contribution in [1.29, 1.82) is 0 Å². The van der Waals surface area contributed by atoms with E-state index in [1.165, 1.54) is 6.21 Å². The summed E-state index contributed by atoms with van der Waals surface area (Å²) in [6.07, 6.45) is 2.06. The second-order valence-corrected chi connectivity index (χ2v) is 7.59. The highest BCUT2D eigenvalue weighted by molar-refractivity contribution is 6.38. The van der Waals surface area contributed by atoms with Gasteiger partial charge in [-0.3, -0.25) is 4.79 Å². The Bertz CT molecular complexity index is 1250. The average Bonchev–Trinajstić information content (AvgIpc) is 3.17. The minimum atomic E-state index is -0.354. The molecule has 2 N–H and O–H groups in total.